The maximum atomic E-state index is 10.2. The van der Waals surface area contributed by atoms with E-state index in [9.17, 15) is 4.57 Å². The summed E-state index contributed by atoms with van der Waals surface area (Å²) in [7, 11) is -1.64. The van der Waals surface area contributed by atoms with Gasteiger partial charge in [0.15, 0.2) is 0 Å². The van der Waals surface area contributed by atoms with Crippen LogP contribution in [0, 0.1) is 0 Å². The summed E-state index contributed by atoms with van der Waals surface area (Å²) in [5.41, 5.74) is 2.64. The van der Waals surface area contributed by atoms with Crippen LogP contribution in [0.5, 0.6) is 0 Å². The zero-order valence-electron chi connectivity index (χ0n) is 20.0. The number of hydrogen-bond donors (Lipinski definition) is 1. The lowest BCUT2D eigenvalue weighted by molar-refractivity contribution is 0.586. The molecule has 0 atom stereocenters. The molecule has 0 fully saturated rings. The number of hydrogen-bond acceptors (Lipinski definition) is 4. The molecule has 31 heavy (non-hydrogen) atoms. The predicted octanol–water partition coefficient (Wildman–Crippen LogP) is 7.36. The van der Waals surface area contributed by atoms with Gasteiger partial charge in [-0.2, -0.15) is 4.98 Å². The fraction of sp³-hybridized carbons (Fsp3) is 0.280. The number of aromatic nitrogens is 3. The molecule has 0 amide bonds. The Morgan fingerprint density at radius 1 is 1.13 bits per heavy atom. The van der Waals surface area contributed by atoms with Gasteiger partial charge >= 0.3 is 0 Å². The first-order valence-electron chi connectivity index (χ1n) is 10.3. The third-order valence-corrected chi connectivity index (χ3v) is 3.27. The Bertz CT molecular complexity index is 995. The van der Waals surface area contributed by atoms with Crippen molar-refractivity contribution in [2.75, 3.05) is 25.3 Å². The molecule has 0 saturated heterocycles. The number of nitrogens with zero attached hydrogens (tertiary/aromatic N) is 3. The molecule has 0 aliphatic carbocycles. The van der Waals surface area contributed by atoms with Crippen LogP contribution in [0.4, 0.5) is 5.95 Å². The van der Waals surface area contributed by atoms with Crippen LogP contribution in [0.15, 0.2) is 85.9 Å². The Morgan fingerprint density at radius 2 is 1.77 bits per heavy atom. The van der Waals surface area contributed by atoms with Gasteiger partial charge in [-0.25, -0.2) is 4.98 Å². The highest BCUT2D eigenvalue weighted by Gasteiger charge is 2.07. The van der Waals surface area contributed by atoms with E-state index < -0.39 is 7.14 Å². The van der Waals surface area contributed by atoms with Crippen molar-refractivity contribution in [3.8, 4) is 0 Å². The summed E-state index contributed by atoms with van der Waals surface area (Å²) >= 11 is 0. The standard InChI is InChI=1S/C20H22N4.C3H9OP.C2H6/c1-5-9-12-18(8-4)24-14-13-16-15-21-20(23-19(16)24)22-17(10-6-2)11-7-3;1-5(2,3)4;1-2/h5-15H,2,4H2,1,3H3,(H,21,22,23);1-3H3;1-2H3/b9-5-,11-7-,17-10+,18-12+;;. The molecule has 0 aliphatic heterocycles. The molecule has 2 heterocycles. The van der Waals surface area contributed by atoms with E-state index in [0.29, 0.717) is 5.95 Å². The molecule has 0 spiro atoms. The van der Waals surface area contributed by atoms with Gasteiger partial charge in [0.1, 0.15) is 5.65 Å². The van der Waals surface area contributed by atoms with Crippen LogP contribution < -0.4 is 5.32 Å². The summed E-state index contributed by atoms with van der Waals surface area (Å²) in [6.07, 6.45) is 19.0. The summed E-state index contributed by atoms with van der Waals surface area (Å²) in [5, 5.41) is 4.17. The molecule has 0 saturated carbocycles. The molecule has 0 unspecified atom stereocenters. The number of nitrogens with one attached hydrogen (secondary N) is 1. The smallest absolute Gasteiger partial charge is 0.229 e. The fourth-order valence-corrected chi connectivity index (χ4v) is 2.20. The van der Waals surface area contributed by atoms with Gasteiger partial charge in [-0.1, -0.05) is 51.3 Å². The van der Waals surface area contributed by atoms with E-state index in [-0.39, 0.29) is 0 Å². The summed E-state index contributed by atoms with van der Waals surface area (Å²) in [4.78, 5) is 9.00. The van der Waals surface area contributed by atoms with E-state index in [1.807, 2.05) is 81.0 Å². The first kappa shape index (κ1) is 28.1. The molecule has 6 heteroatoms. The van der Waals surface area contributed by atoms with Crippen molar-refractivity contribution >= 4 is 29.8 Å². The van der Waals surface area contributed by atoms with Gasteiger partial charge in [0.2, 0.25) is 5.95 Å². The average molecular weight is 441 g/mol. The maximum Gasteiger partial charge on any atom is 0.229 e. The Morgan fingerprint density at radius 3 is 2.29 bits per heavy atom. The molecule has 0 aromatic carbocycles. The lowest BCUT2D eigenvalue weighted by Gasteiger charge is -2.08. The Balaban J connectivity index is 0.00000113. The first-order chi connectivity index (χ1) is 14.7. The molecule has 2 aromatic rings. The third kappa shape index (κ3) is 11.2. The van der Waals surface area contributed by atoms with Crippen LogP contribution in [0.3, 0.4) is 0 Å². The highest BCUT2D eigenvalue weighted by atomic mass is 31.2. The zero-order valence-corrected chi connectivity index (χ0v) is 20.9. The molecular formula is C25H37N4OP. The molecule has 0 aliphatic rings. The van der Waals surface area contributed by atoms with Crippen molar-refractivity contribution in [2.24, 2.45) is 0 Å². The van der Waals surface area contributed by atoms with Gasteiger partial charge in [-0.05, 0) is 64.2 Å². The molecule has 0 bridgehead atoms. The van der Waals surface area contributed by atoms with Gasteiger partial charge in [0, 0.05) is 29.2 Å². The highest BCUT2D eigenvalue weighted by molar-refractivity contribution is 7.61. The summed E-state index contributed by atoms with van der Waals surface area (Å²) in [5.74, 6) is 0.531. The van der Waals surface area contributed by atoms with E-state index in [4.69, 9.17) is 0 Å². The van der Waals surface area contributed by atoms with E-state index in [1.54, 1.807) is 38.3 Å². The topological polar surface area (TPSA) is 59.8 Å². The fourth-order valence-electron chi connectivity index (χ4n) is 2.20. The number of fused-ring (bicyclic) bond motifs is 1. The van der Waals surface area contributed by atoms with Crippen molar-refractivity contribution < 1.29 is 4.57 Å². The highest BCUT2D eigenvalue weighted by Crippen LogP contribution is 2.28. The maximum absolute atomic E-state index is 10.2. The third-order valence-electron chi connectivity index (χ3n) is 3.27. The van der Waals surface area contributed by atoms with Crippen LogP contribution in [-0.2, 0) is 4.57 Å². The Labute approximate surface area is 188 Å². The second-order valence-electron chi connectivity index (χ2n) is 6.85. The second kappa shape index (κ2) is 15.0. The van der Waals surface area contributed by atoms with Gasteiger partial charge < -0.3 is 14.4 Å². The van der Waals surface area contributed by atoms with Crippen molar-refractivity contribution in [3.63, 3.8) is 0 Å². The van der Waals surface area contributed by atoms with Crippen molar-refractivity contribution in [1.82, 2.24) is 14.5 Å². The number of rotatable bonds is 7. The molecule has 5 nitrogen and oxygen atoms in total. The molecule has 1 N–H and O–H groups in total. The van der Waals surface area contributed by atoms with Gasteiger partial charge in [0.25, 0.3) is 0 Å². The van der Waals surface area contributed by atoms with E-state index in [0.717, 1.165) is 22.4 Å². The van der Waals surface area contributed by atoms with Crippen LogP contribution in [0.1, 0.15) is 27.7 Å². The monoisotopic (exact) mass is 440 g/mol. The van der Waals surface area contributed by atoms with Gasteiger partial charge in [0.05, 0.1) is 7.14 Å². The minimum atomic E-state index is -1.64. The minimum Gasteiger partial charge on any atom is -0.324 e. The normalized spacial score (nSPS) is 12.2. The molecular weight excluding hydrogens is 403 g/mol. The summed E-state index contributed by atoms with van der Waals surface area (Å²) in [6.45, 7) is 20.8. The molecule has 0 radical (unpaired) electrons. The Kier molecular flexibility index (Phi) is 13.6. The average Bonchev–Trinajstić information content (AvgIpc) is 3.13. The molecule has 168 valence electrons. The quantitative estimate of drug-likeness (QED) is 0.361. The van der Waals surface area contributed by atoms with Crippen LogP contribution in [0.2, 0.25) is 0 Å². The zero-order chi connectivity index (χ0) is 23.9. The van der Waals surface area contributed by atoms with Gasteiger partial charge in [-0.3, -0.25) is 0 Å². The van der Waals surface area contributed by atoms with Gasteiger partial charge in [-0.15, -0.1) is 0 Å². The molecule has 2 aromatic heterocycles. The van der Waals surface area contributed by atoms with Crippen LogP contribution >= 0.6 is 7.14 Å². The summed E-state index contributed by atoms with van der Waals surface area (Å²) in [6, 6.07) is 1.98. The lowest BCUT2D eigenvalue weighted by Crippen LogP contribution is -2.03. The first-order valence-corrected chi connectivity index (χ1v) is 13.3. The summed E-state index contributed by atoms with van der Waals surface area (Å²) < 4.78 is 12.2. The van der Waals surface area contributed by atoms with E-state index >= 15 is 0 Å². The van der Waals surface area contributed by atoms with Crippen LogP contribution in [-0.4, -0.2) is 34.5 Å². The lowest BCUT2D eigenvalue weighted by atomic mass is 10.3. The predicted molar refractivity (Wildman–Crippen MR) is 140 cm³/mol. The molecule has 2 rings (SSSR count). The van der Waals surface area contributed by atoms with Crippen molar-refractivity contribution in [3.05, 3.63) is 85.9 Å². The van der Waals surface area contributed by atoms with E-state index in [2.05, 4.69) is 28.4 Å². The minimum absolute atomic E-state index is 0.531. The Hall–Kier alpha value is -2.91. The van der Waals surface area contributed by atoms with Crippen LogP contribution in [0.25, 0.3) is 16.7 Å². The number of anilines is 1. The SMILES string of the molecule is C=C/C=C(\C=C/C)Nc1ncc2ccn(/C(C=C)=C/C=C\C)c2n1.CC.CP(C)(C)=O. The van der Waals surface area contributed by atoms with Crippen molar-refractivity contribution in [1.29, 1.82) is 0 Å². The largest absolute Gasteiger partial charge is 0.324 e. The second-order valence-corrected chi connectivity index (χ2v) is 10.6. The van der Waals surface area contributed by atoms with Crippen molar-refractivity contribution in [2.45, 2.75) is 27.7 Å². The van der Waals surface area contributed by atoms with E-state index in [1.165, 1.54) is 0 Å². The number of allylic oxidation sites excluding steroid dienone is 9.